The van der Waals surface area contributed by atoms with E-state index in [9.17, 15) is 0 Å². The van der Waals surface area contributed by atoms with Crippen LogP contribution in [0, 0.1) is 6.92 Å². The minimum Gasteiger partial charge on any atom is -0.493 e. The number of aryl methyl sites for hydroxylation is 1. The summed E-state index contributed by atoms with van der Waals surface area (Å²) in [5.41, 5.74) is 7.56. The van der Waals surface area contributed by atoms with Gasteiger partial charge in [0.15, 0.2) is 11.5 Å². The summed E-state index contributed by atoms with van der Waals surface area (Å²) in [4.78, 5) is 0. The summed E-state index contributed by atoms with van der Waals surface area (Å²) >= 11 is 12.3. The van der Waals surface area contributed by atoms with Gasteiger partial charge in [0.2, 0.25) is 0 Å². The molecule has 2 N–H and O–H groups in total. The van der Waals surface area contributed by atoms with Crippen LogP contribution in [0.15, 0.2) is 30.3 Å². The molecule has 0 aromatic heterocycles. The Morgan fingerprint density at radius 1 is 1.00 bits per heavy atom. The van der Waals surface area contributed by atoms with Crippen LogP contribution in [0.3, 0.4) is 0 Å². The summed E-state index contributed by atoms with van der Waals surface area (Å²) in [6.07, 6.45) is 0.732. The van der Waals surface area contributed by atoms with Gasteiger partial charge in [0.25, 0.3) is 0 Å². The summed E-state index contributed by atoms with van der Waals surface area (Å²) in [5.74, 6) is 1.85. The zero-order chi connectivity index (χ0) is 17.5. The monoisotopic (exact) mass is 369 g/mol. The third-order valence-corrected chi connectivity index (χ3v) is 4.15. The Morgan fingerprint density at radius 3 is 2.42 bits per heavy atom. The van der Waals surface area contributed by atoms with Crippen molar-refractivity contribution >= 4 is 23.2 Å². The quantitative estimate of drug-likeness (QED) is 0.705. The molecule has 0 spiro atoms. The number of methoxy groups -OCH3 is 1. The fraction of sp³-hybridized carbons (Fsp3) is 0.333. The normalized spacial score (nSPS) is 10.5. The van der Waals surface area contributed by atoms with E-state index < -0.39 is 0 Å². The van der Waals surface area contributed by atoms with Crippen molar-refractivity contribution in [1.29, 1.82) is 0 Å². The third-order valence-electron chi connectivity index (χ3n) is 3.45. The van der Waals surface area contributed by atoms with Crippen molar-refractivity contribution < 1.29 is 14.2 Å². The molecule has 0 fully saturated rings. The molecule has 0 unspecified atom stereocenters. The zero-order valence-corrected chi connectivity index (χ0v) is 15.3. The van der Waals surface area contributed by atoms with E-state index >= 15 is 0 Å². The molecule has 0 radical (unpaired) electrons. The smallest absolute Gasteiger partial charge is 0.179 e. The van der Waals surface area contributed by atoms with Crippen LogP contribution in [0.5, 0.6) is 17.2 Å². The molecule has 4 nitrogen and oxygen atoms in total. The first-order valence-electron chi connectivity index (χ1n) is 7.63. The Morgan fingerprint density at radius 2 is 1.75 bits per heavy atom. The lowest BCUT2D eigenvalue weighted by molar-refractivity contribution is 0.211. The first kappa shape index (κ1) is 18.7. The Bertz CT molecular complexity index is 692. The number of rotatable bonds is 8. The average molecular weight is 370 g/mol. The molecule has 0 aliphatic heterocycles. The molecule has 0 amide bonds. The SMILES string of the molecule is COc1cc(CCN)cc(Cl)c1OCCOc1ccc(Cl)c(C)c1. The van der Waals surface area contributed by atoms with Crippen molar-refractivity contribution in [3.63, 3.8) is 0 Å². The Labute approximate surface area is 152 Å². The maximum Gasteiger partial charge on any atom is 0.179 e. The highest BCUT2D eigenvalue weighted by molar-refractivity contribution is 6.32. The van der Waals surface area contributed by atoms with Gasteiger partial charge in [-0.25, -0.2) is 0 Å². The second kappa shape index (κ2) is 9.02. The Balaban J connectivity index is 1.95. The van der Waals surface area contributed by atoms with Crippen LogP contribution in [0.2, 0.25) is 10.0 Å². The van der Waals surface area contributed by atoms with E-state index in [-0.39, 0.29) is 0 Å². The molecular weight excluding hydrogens is 349 g/mol. The van der Waals surface area contributed by atoms with Gasteiger partial charge >= 0.3 is 0 Å². The van der Waals surface area contributed by atoms with E-state index in [0.717, 1.165) is 23.3 Å². The predicted octanol–water partition coefficient (Wildman–Crippen LogP) is 4.27. The highest BCUT2D eigenvalue weighted by Crippen LogP contribution is 2.36. The Kier molecular flexibility index (Phi) is 7.03. The molecule has 2 aromatic carbocycles. The molecular formula is C18H21Cl2NO3. The number of hydrogen-bond acceptors (Lipinski definition) is 4. The lowest BCUT2D eigenvalue weighted by atomic mass is 10.1. The summed E-state index contributed by atoms with van der Waals surface area (Å²) in [7, 11) is 1.58. The minimum absolute atomic E-state index is 0.341. The highest BCUT2D eigenvalue weighted by Gasteiger charge is 2.12. The van der Waals surface area contributed by atoms with Crippen LogP contribution in [0.25, 0.3) is 0 Å². The van der Waals surface area contributed by atoms with Gasteiger partial charge in [0.05, 0.1) is 12.1 Å². The van der Waals surface area contributed by atoms with E-state index in [1.54, 1.807) is 7.11 Å². The van der Waals surface area contributed by atoms with Gasteiger partial charge in [0, 0.05) is 5.02 Å². The lowest BCUT2D eigenvalue weighted by Crippen LogP contribution is -2.10. The molecule has 130 valence electrons. The summed E-state index contributed by atoms with van der Waals surface area (Å²) in [6.45, 7) is 3.20. The van der Waals surface area contributed by atoms with Crippen molar-refractivity contribution in [3.8, 4) is 17.2 Å². The minimum atomic E-state index is 0.341. The molecule has 24 heavy (non-hydrogen) atoms. The average Bonchev–Trinajstić information content (AvgIpc) is 2.56. The lowest BCUT2D eigenvalue weighted by Gasteiger charge is -2.14. The molecule has 0 aliphatic carbocycles. The summed E-state index contributed by atoms with van der Waals surface area (Å²) < 4.78 is 16.7. The second-order valence-corrected chi connectivity index (χ2v) is 6.07. The summed E-state index contributed by atoms with van der Waals surface area (Å²) in [6, 6.07) is 9.25. The molecule has 2 aromatic rings. The van der Waals surface area contributed by atoms with Gasteiger partial charge in [-0.3, -0.25) is 0 Å². The van der Waals surface area contributed by atoms with Gasteiger partial charge in [-0.1, -0.05) is 23.2 Å². The van der Waals surface area contributed by atoms with Crippen molar-refractivity contribution in [1.82, 2.24) is 0 Å². The van der Waals surface area contributed by atoms with Crippen LogP contribution in [-0.2, 0) is 6.42 Å². The maximum absolute atomic E-state index is 6.28. The first-order valence-corrected chi connectivity index (χ1v) is 8.39. The van der Waals surface area contributed by atoms with Crippen molar-refractivity contribution in [2.24, 2.45) is 5.73 Å². The second-order valence-electron chi connectivity index (χ2n) is 5.26. The number of nitrogens with two attached hydrogens (primary N) is 1. The molecule has 0 atom stereocenters. The first-order chi connectivity index (χ1) is 11.5. The van der Waals surface area contributed by atoms with Crippen molar-refractivity contribution in [2.45, 2.75) is 13.3 Å². The standard InChI is InChI=1S/C18H21Cl2NO3/c1-12-9-14(3-4-15(12)19)23-7-8-24-18-16(20)10-13(5-6-21)11-17(18)22-2/h3-4,9-11H,5-8,21H2,1-2H3. The number of halogens is 2. The van der Waals surface area contributed by atoms with E-state index in [0.29, 0.717) is 41.3 Å². The topological polar surface area (TPSA) is 53.7 Å². The van der Waals surface area contributed by atoms with Crippen LogP contribution in [-0.4, -0.2) is 26.9 Å². The number of benzene rings is 2. The van der Waals surface area contributed by atoms with E-state index in [1.807, 2.05) is 37.3 Å². The van der Waals surface area contributed by atoms with E-state index in [1.165, 1.54) is 0 Å². The largest absolute Gasteiger partial charge is 0.493 e. The molecule has 0 bridgehead atoms. The molecule has 2 rings (SSSR count). The fourth-order valence-electron chi connectivity index (χ4n) is 2.23. The zero-order valence-electron chi connectivity index (χ0n) is 13.8. The maximum atomic E-state index is 6.28. The molecule has 0 saturated heterocycles. The van der Waals surface area contributed by atoms with Gasteiger partial charge in [-0.05, 0) is 61.3 Å². The number of ether oxygens (including phenoxy) is 3. The van der Waals surface area contributed by atoms with E-state index in [4.69, 9.17) is 43.1 Å². The van der Waals surface area contributed by atoms with Crippen molar-refractivity contribution in [2.75, 3.05) is 26.9 Å². The van der Waals surface area contributed by atoms with Crippen LogP contribution in [0.1, 0.15) is 11.1 Å². The molecule has 6 heteroatoms. The predicted molar refractivity (Wildman–Crippen MR) is 97.9 cm³/mol. The molecule has 0 heterocycles. The molecule has 0 aliphatic rings. The van der Waals surface area contributed by atoms with Crippen molar-refractivity contribution in [3.05, 3.63) is 51.5 Å². The fourth-order valence-corrected chi connectivity index (χ4v) is 2.64. The highest BCUT2D eigenvalue weighted by atomic mass is 35.5. The summed E-state index contributed by atoms with van der Waals surface area (Å²) in [5, 5.41) is 1.22. The van der Waals surface area contributed by atoms with Gasteiger partial charge < -0.3 is 19.9 Å². The third kappa shape index (κ3) is 4.94. The van der Waals surface area contributed by atoms with Gasteiger partial charge in [-0.2, -0.15) is 0 Å². The van der Waals surface area contributed by atoms with Crippen LogP contribution >= 0.6 is 23.2 Å². The van der Waals surface area contributed by atoms with E-state index in [2.05, 4.69) is 0 Å². The van der Waals surface area contributed by atoms with Crippen LogP contribution < -0.4 is 19.9 Å². The van der Waals surface area contributed by atoms with Gasteiger partial charge in [-0.15, -0.1) is 0 Å². The number of hydrogen-bond donors (Lipinski definition) is 1. The van der Waals surface area contributed by atoms with Crippen LogP contribution in [0.4, 0.5) is 0 Å². The molecule has 0 saturated carbocycles. The van der Waals surface area contributed by atoms with Gasteiger partial charge in [0.1, 0.15) is 19.0 Å². The Hall–Kier alpha value is -1.62.